The largest absolute Gasteiger partial charge is 0.496 e. The summed E-state index contributed by atoms with van der Waals surface area (Å²) in [6.07, 6.45) is 1.84. The van der Waals surface area contributed by atoms with Crippen LogP contribution in [0.25, 0.3) is 0 Å². The van der Waals surface area contributed by atoms with Gasteiger partial charge >= 0.3 is 7.12 Å². The second-order valence-electron chi connectivity index (χ2n) is 6.65. The molecule has 3 rings (SSSR count). The monoisotopic (exact) mass is 317 g/mol. The van der Waals surface area contributed by atoms with E-state index in [4.69, 9.17) is 9.31 Å². The van der Waals surface area contributed by atoms with Crippen molar-refractivity contribution in [1.82, 2.24) is 4.57 Å². The van der Waals surface area contributed by atoms with Gasteiger partial charge < -0.3 is 13.9 Å². The van der Waals surface area contributed by atoms with Gasteiger partial charge in [-0.15, -0.1) is 0 Å². The summed E-state index contributed by atoms with van der Waals surface area (Å²) in [6.45, 7) is 8.65. The van der Waals surface area contributed by atoms with Crippen LogP contribution in [0.1, 0.15) is 33.3 Å². The van der Waals surface area contributed by atoms with Crippen LogP contribution < -0.4 is 11.0 Å². The third kappa shape index (κ3) is 2.78. The minimum absolute atomic E-state index is 0.0218. The highest BCUT2D eigenvalue weighted by molar-refractivity contribution is 7.07. The highest BCUT2D eigenvalue weighted by Gasteiger charge is 2.51. The Bertz CT molecular complexity index is 705. The Balaban J connectivity index is 1.89. The maximum absolute atomic E-state index is 12.1. The van der Waals surface area contributed by atoms with Gasteiger partial charge in [-0.3, -0.25) is 4.79 Å². The van der Waals surface area contributed by atoms with Gasteiger partial charge in [-0.25, -0.2) is 0 Å². The molecule has 116 valence electrons. The number of rotatable bonds is 3. The maximum atomic E-state index is 12.1. The van der Waals surface area contributed by atoms with Gasteiger partial charge in [0.2, 0.25) is 0 Å². The van der Waals surface area contributed by atoms with E-state index in [-0.39, 0.29) is 16.8 Å². The van der Waals surface area contributed by atoms with Crippen molar-refractivity contribution in [1.29, 1.82) is 0 Å². The summed E-state index contributed by atoms with van der Waals surface area (Å²) in [6, 6.07) is 5.39. The Kier molecular flexibility index (Phi) is 3.79. The van der Waals surface area contributed by atoms with Crippen LogP contribution in [0.3, 0.4) is 0 Å². The summed E-state index contributed by atoms with van der Waals surface area (Å²) in [5.41, 5.74) is 1.20. The second kappa shape index (κ2) is 5.37. The fraction of sp³-hybridized carbons (Fsp3) is 0.438. The van der Waals surface area contributed by atoms with Gasteiger partial charge in [0.1, 0.15) is 0 Å². The van der Waals surface area contributed by atoms with E-state index in [1.807, 2.05) is 50.7 Å². The molecule has 1 saturated heterocycles. The third-order valence-electron chi connectivity index (χ3n) is 4.46. The lowest BCUT2D eigenvalue weighted by Gasteiger charge is -2.32. The summed E-state index contributed by atoms with van der Waals surface area (Å²) in [4.78, 5) is 12.1. The Labute approximate surface area is 134 Å². The van der Waals surface area contributed by atoms with Crippen molar-refractivity contribution in [3.8, 4) is 0 Å². The summed E-state index contributed by atoms with van der Waals surface area (Å²) in [7, 11) is -0.445. The molecule has 4 nitrogen and oxygen atoms in total. The van der Waals surface area contributed by atoms with Gasteiger partial charge in [0.25, 0.3) is 5.56 Å². The van der Waals surface area contributed by atoms with Crippen LogP contribution >= 0.6 is 11.3 Å². The summed E-state index contributed by atoms with van der Waals surface area (Å²) < 4.78 is 13.8. The molecule has 1 fully saturated rings. The average molecular weight is 317 g/mol. The number of thiophene rings is 1. The van der Waals surface area contributed by atoms with Crippen LogP contribution in [0.4, 0.5) is 0 Å². The zero-order valence-electron chi connectivity index (χ0n) is 13.3. The molecule has 0 radical (unpaired) electrons. The molecule has 22 heavy (non-hydrogen) atoms. The maximum Gasteiger partial charge on any atom is 0.496 e. The molecule has 0 aliphatic carbocycles. The minimum Gasteiger partial charge on any atom is -0.399 e. The van der Waals surface area contributed by atoms with Crippen molar-refractivity contribution in [2.45, 2.75) is 45.4 Å². The summed E-state index contributed by atoms with van der Waals surface area (Å²) in [5, 5.41) is 4.06. The molecule has 2 aromatic rings. The zero-order valence-corrected chi connectivity index (χ0v) is 14.1. The van der Waals surface area contributed by atoms with Crippen LogP contribution in [0, 0.1) is 0 Å². The van der Waals surface area contributed by atoms with E-state index in [9.17, 15) is 4.79 Å². The van der Waals surface area contributed by atoms with Crippen LogP contribution in [0.15, 0.2) is 40.0 Å². The van der Waals surface area contributed by atoms with Crippen molar-refractivity contribution < 1.29 is 9.31 Å². The molecule has 1 aliphatic heterocycles. The van der Waals surface area contributed by atoms with Crippen LogP contribution in [-0.2, 0) is 15.9 Å². The molecule has 0 N–H and O–H groups in total. The standard InChI is InChI=1S/C16H20BNO3S/c1-15(2)16(3,4)21-17(20-15)13-5-6-14(19)18(10-13)9-12-7-8-22-11-12/h5-8,10-11H,9H2,1-4H3. The summed E-state index contributed by atoms with van der Waals surface area (Å²) >= 11 is 1.63. The van der Waals surface area contributed by atoms with Crippen LogP contribution in [-0.4, -0.2) is 22.9 Å². The average Bonchev–Trinajstić information content (AvgIpc) is 2.99. The normalized spacial score (nSPS) is 19.5. The van der Waals surface area contributed by atoms with Crippen molar-refractivity contribution in [3.05, 3.63) is 51.1 Å². The molecule has 0 aromatic carbocycles. The molecule has 3 heterocycles. The SMILES string of the molecule is CC1(C)OB(c2ccc(=O)n(Cc3ccsc3)c2)OC1(C)C. The number of hydrogen-bond donors (Lipinski definition) is 0. The van der Waals surface area contributed by atoms with Gasteiger partial charge in [-0.1, -0.05) is 6.07 Å². The fourth-order valence-electron chi connectivity index (χ4n) is 2.37. The second-order valence-corrected chi connectivity index (χ2v) is 7.43. The molecule has 6 heteroatoms. The lowest BCUT2D eigenvalue weighted by Crippen LogP contribution is -2.41. The Morgan fingerprint density at radius 1 is 1.14 bits per heavy atom. The highest BCUT2D eigenvalue weighted by Crippen LogP contribution is 2.36. The van der Waals surface area contributed by atoms with Gasteiger partial charge in [-0.2, -0.15) is 11.3 Å². The molecular formula is C16H20BNO3S. The number of hydrogen-bond acceptors (Lipinski definition) is 4. The number of pyridine rings is 1. The predicted octanol–water partition coefficient (Wildman–Crippen LogP) is 2.26. The molecule has 0 bridgehead atoms. The van der Waals surface area contributed by atoms with Crippen molar-refractivity contribution in [3.63, 3.8) is 0 Å². The van der Waals surface area contributed by atoms with E-state index in [2.05, 4.69) is 0 Å². The van der Waals surface area contributed by atoms with E-state index in [0.29, 0.717) is 6.54 Å². The lowest BCUT2D eigenvalue weighted by atomic mass is 9.80. The first-order valence-corrected chi connectivity index (χ1v) is 8.30. The highest BCUT2D eigenvalue weighted by atomic mass is 32.1. The molecule has 0 unspecified atom stereocenters. The smallest absolute Gasteiger partial charge is 0.399 e. The first-order chi connectivity index (χ1) is 10.3. The zero-order chi connectivity index (χ0) is 16.0. The molecular weight excluding hydrogens is 297 g/mol. The van der Waals surface area contributed by atoms with Crippen molar-refractivity contribution in [2.75, 3.05) is 0 Å². The minimum atomic E-state index is -0.445. The molecule has 0 spiro atoms. The Morgan fingerprint density at radius 2 is 1.82 bits per heavy atom. The van der Waals surface area contributed by atoms with Crippen molar-refractivity contribution >= 4 is 23.9 Å². The van der Waals surface area contributed by atoms with Crippen molar-refractivity contribution in [2.24, 2.45) is 0 Å². The van der Waals surface area contributed by atoms with Gasteiger partial charge in [0, 0.05) is 12.3 Å². The number of nitrogens with zero attached hydrogens (tertiary/aromatic N) is 1. The molecule has 0 amide bonds. The van der Waals surface area contributed by atoms with Gasteiger partial charge in [-0.05, 0) is 55.5 Å². The van der Waals surface area contributed by atoms with E-state index < -0.39 is 7.12 Å². The first kappa shape index (κ1) is 15.5. The Morgan fingerprint density at radius 3 is 2.41 bits per heavy atom. The fourth-order valence-corrected chi connectivity index (χ4v) is 3.03. The van der Waals surface area contributed by atoms with Gasteiger partial charge in [0.05, 0.1) is 17.7 Å². The van der Waals surface area contributed by atoms with E-state index in [0.717, 1.165) is 11.0 Å². The summed E-state index contributed by atoms with van der Waals surface area (Å²) in [5.74, 6) is 0. The topological polar surface area (TPSA) is 40.5 Å². The molecule has 0 atom stereocenters. The van der Waals surface area contributed by atoms with E-state index >= 15 is 0 Å². The quantitative estimate of drug-likeness (QED) is 0.815. The molecule has 0 saturated carbocycles. The number of aromatic nitrogens is 1. The molecule has 2 aromatic heterocycles. The van der Waals surface area contributed by atoms with E-state index in [1.54, 1.807) is 28.0 Å². The predicted molar refractivity (Wildman–Crippen MR) is 89.8 cm³/mol. The van der Waals surface area contributed by atoms with E-state index in [1.165, 1.54) is 0 Å². The van der Waals surface area contributed by atoms with Crippen LogP contribution in [0.2, 0.25) is 0 Å². The lowest BCUT2D eigenvalue weighted by molar-refractivity contribution is 0.00578. The third-order valence-corrected chi connectivity index (χ3v) is 5.20. The first-order valence-electron chi connectivity index (χ1n) is 7.36. The van der Waals surface area contributed by atoms with Crippen LogP contribution in [0.5, 0.6) is 0 Å². The molecule has 1 aliphatic rings. The van der Waals surface area contributed by atoms with Gasteiger partial charge in [0.15, 0.2) is 0 Å². The Hall–Kier alpha value is -1.37.